The molecule has 3 heterocycles. The number of nitrogens with zero attached hydrogens (tertiary/aromatic N) is 5. The Morgan fingerprint density at radius 1 is 1.32 bits per heavy atom. The number of amidine groups is 1. The molecule has 0 aliphatic carbocycles. The van der Waals surface area contributed by atoms with Gasteiger partial charge in [-0.2, -0.15) is 0 Å². The number of carbonyl (C=O) groups excluding carboxylic acids is 1. The number of pyridine rings is 1. The molecule has 94 valence electrons. The maximum atomic E-state index is 12.1. The summed E-state index contributed by atoms with van der Waals surface area (Å²) in [6, 6.07) is 3.28. The van der Waals surface area contributed by atoms with Crippen molar-refractivity contribution < 1.29 is 4.79 Å². The van der Waals surface area contributed by atoms with Gasteiger partial charge in [0, 0.05) is 12.4 Å². The van der Waals surface area contributed by atoms with E-state index in [0.717, 1.165) is 0 Å². The molecule has 8 heteroatoms. The van der Waals surface area contributed by atoms with E-state index in [-0.39, 0.29) is 0 Å². The van der Waals surface area contributed by atoms with E-state index in [0.29, 0.717) is 17.1 Å². The van der Waals surface area contributed by atoms with Crippen LogP contribution in [0.5, 0.6) is 0 Å². The molecule has 0 fully saturated rings. The highest BCUT2D eigenvalue weighted by Crippen LogP contribution is 2.13. The van der Waals surface area contributed by atoms with E-state index < -0.39 is 11.7 Å². The first-order chi connectivity index (χ1) is 9.19. The van der Waals surface area contributed by atoms with Crippen LogP contribution in [0.15, 0.2) is 44.5 Å². The lowest BCUT2D eigenvalue weighted by Crippen LogP contribution is -2.62. The predicted molar refractivity (Wildman–Crippen MR) is 70.5 cm³/mol. The molecule has 1 atom stereocenters. The smallest absolute Gasteiger partial charge is 0.256 e. The molecule has 3 rings (SSSR count). The fourth-order valence-corrected chi connectivity index (χ4v) is 1.69. The molecule has 1 aromatic heterocycles. The molecular formula is C11H9N7O. The number of hydrogen-bond donors (Lipinski definition) is 2. The summed E-state index contributed by atoms with van der Waals surface area (Å²) in [4.78, 5) is 31.7. The van der Waals surface area contributed by atoms with Crippen molar-refractivity contribution in [3.8, 4) is 0 Å². The van der Waals surface area contributed by atoms with Crippen molar-refractivity contribution in [1.29, 1.82) is 0 Å². The van der Waals surface area contributed by atoms with Crippen LogP contribution in [0.3, 0.4) is 0 Å². The fourth-order valence-electron chi connectivity index (χ4n) is 1.69. The molecule has 3 N–H and O–H groups in total. The monoisotopic (exact) mass is 255 g/mol. The van der Waals surface area contributed by atoms with Gasteiger partial charge in [-0.3, -0.25) is 15.5 Å². The normalized spacial score (nSPS) is 23.6. The third-order valence-corrected chi connectivity index (χ3v) is 2.61. The number of nitrogens with two attached hydrogens (primary N) is 1. The minimum atomic E-state index is -1.46. The van der Waals surface area contributed by atoms with Crippen molar-refractivity contribution in [3.05, 3.63) is 30.1 Å². The van der Waals surface area contributed by atoms with Gasteiger partial charge in [0.2, 0.25) is 5.79 Å². The largest absolute Gasteiger partial charge is 0.310 e. The fraction of sp³-hybridized carbons (Fsp3) is 0.0909. The van der Waals surface area contributed by atoms with Crippen LogP contribution in [-0.2, 0) is 0 Å². The Balaban J connectivity index is 1.86. The Labute approximate surface area is 107 Å². The Hall–Kier alpha value is -2.74. The van der Waals surface area contributed by atoms with Gasteiger partial charge in [-0.25, -0.2) is 20.0 Å². The standard InChI is InChI=1S/C11H9N7O/c12-11(8-9(15-5-14-8)16-6-17-11)18-10(19)7-2-1-3-13-4-7/h1-6H,12H2,(H,18,19). The van der Waals surface area contributed by atoms with E-state index in [1.54, 1.807) is 18.3 Å². The van der Waals surface area contributed by atoms with Gasteiger partial charge in [0.05, 0.1) is 5.56 Å². The molecule has 0 bridgehead atoms. The zero-order valence-corrected chi connectivity index (χ0v) is 9.69. The number of fused-ring (bicyclic) bond motifs is 1. The molecule has 0 saturated carbocycles. The predicted octanol–water partition coefficient (Wildman–Crippen LogP) is -0.653. The molecular weight excluding hydrogens is 246 g/mol. The number of rotatable bonds is 2. The van der Waals surface area contributed by atoms with Gasteiger partial charge >= 0.3 is 0 Å². The molecule has 8 nitrogen and oxygen atoms in total. The summed E-state index contributed by atoms with van der Waals surface area (Å²) in [6.07, 6.45) is 5.59. The maximum Gasteiger partial charge on any atom is 0.256 e. The van der Waals surface area contributed by atoms with E-state index in [2.05, 4.69) is 30.3 Å². The van der Waals surface area contributed by atoms with Crippen LogP contribution in [0, 0.1) is 0 Å². The molecule has 19 heavy (non-hydrogen) atoms. The highest BCUT2D eigenvalue weighted by Gasteiger charge is 2.39. The van der Waals surface area contributed by atoms with E-state index in [9.17, 15) is 4.79 Å². The summed E-state index contributed by atoms with van der Waals surface area (Å²) >= 11 is 0. The van der Waals surface area contributed by atoms with Crippen LogP contribution in [0.1, 0.15) is 10.4 Å². The SMILES string of the molecule is NC1(NC(=O)c2cccnc2)N=CN=C2N=CN=C21. The van der Waals surface area contributed by atoms with Crippen molar-refractivity contribution >= 4 is 30.1 Å². The van der Waals surface area contributed by atoms with Crippen molar-refractivity contribution in [2.24, 2.45) is 25.7 Å². The van der Waals surface area contributed by atoms with Gasteiger partial charge in [-0.1, -0.05) is 0 Å². The lowest BCUT2D eigenvalue weighted by molar-refractivity contribution is 0.0927. The molecule has 0 saturated heterocycles. The summed E-state index contributed by atoms with van der Waals surface area (Å²) in [6.45, 7) is 0. The van der Waals surface area contributed by atoms with E-state index in [4.69, 9.17) is 5.73 Å². The van der Waals surface area contributed by atoms with Gasteiger partial charge in [0.1, 0.15) is 12.7 Å². The summed E-state index contributed by atoms with van der Waals surface area (Å²) < 4.78 is 0. The number of hydrogen-bond acceptors (Lipinski definition) is 7. The third kappa shape index (κ3) is 1.93. The van der Waals surface area contributed by atoms with E-state index >= 15 is 0 Å². The average Bonchev–Trinajstić information content (AvgIpc) is 2.90. The summed E-state index contributed by atoms with van der Waals surface area (Å²) in [7, 11) is 0. The van der Waals surface area contributed by atoms with Crippen molar-refractivity contribution in [2.45, 2.75) is 5.79 Å². The van der Waals surface area contributed by atoms with Crippen LogP contribution < -0.4 is 11.1 Å². The molecule has 1 aromatic rings. The third-order valence-electron chi connectivity index (χ3n) is 2.61. The first-order valence-corrected chi connectivity index (χ1v) is 5.43. The molecule has 1 amide bonds. The van der Waals surface area contributed by atoms with Crippen molar-refractivity contribution in [3.63, 3.8) is 0 Å². The first kappa shape index (κ1) is 11.4. The summed E-state index contributed by atoms with van der Waals surface area (Å²) in [5.74, 6) is -1.51. The van der Waals surface area contributed by atoms with Crippen LogP contribution in [0.2, 0.25) is 0 Å². The Morgan fingerprint density at radius 2 is 2.21 bits per heavy atom. The zero-order chi connectivity index (χ0) is 13.3. The summed E-state index contributed by atoms with van der Waals surface area (Å²) in [5, 5.41) is 2.59. The lowest BCUT2D eigenvalue weighted by Gasteiger charge is -2.27. The second kappa shape index (κ2) is 4.18. The zero-order valence-electron chi connectivity index (χ0n) is 9.69. The maximum absolute atomic E-state index is 12.1. The minimum Gasteiger partial charge on any atom is -0.310 e. The van der Waals surface area contributed by atoms with Gasteiger partial charge in [-0.05, 0) is 12.1 Å². The molecule has 2 aliphatic heterocycles. The van der Waals surface area contributed by atoms with Crippen LogP contribution in [-0.4, -0.2) is 40.9 Å². The number of nitrogens with one attached hydrogen (secondary N) is 1. The Kier molecular flexibility index (Phi) is 2.50. The van der Waals surface area contributed by atoms with Gasteiger partial charge in [0.15, 0.2) is 11.5 Å². The van der Waals surface area contributed by atoms with E-state index in [1.165, 1.54) is 18.9 Å². The van der Waals surface area contributed by atoms with Crippen LogP contribution in [0.4, 0.5) is 0 Å². The number of aliphatic imine (C=N–C) groups is 4. The topological polar surface area (TPSA) is 117 Å². The van der Waals surface area contributed by atoms with Crippen molar-refractivity contribution in [1.82, 2.24) is 10.3 Å². The molecule has 1 unspecified atom stereocenters. The average molecular weight is 255 g/mol. The molecule has 0 radical (unpaired) electrons. The lowest BCUT2D eigenvalue weighted by atomic mass is 10.1. The van der Waals surface area contributed by atoms with Gasteiger partial charge in [-0.15, -0.1) is 0 Å². The second-order valence-corrected chi connectivity index (χ2v) is 3.88. The highest BCUT2D eigenvalue weighted by molar-refractivity contribution is 6.50. The van der Waals surface area contributed by atoms with Crippen LogP contribution >= 0.6 is 0 Å². The molecule has 2 aliphatic rings. The van der Waals surface area contributed by atoms with E-state index in [1.807, 2.05) is 0 Å². The highest BCUT2D eigenvalue weighted by atomic mass is 16.2. The Bertz CT molecular complexity index is 646. The van der Waals surface area contributed by atoms with Gasteiger partial charge < -0.3 is 5.32 Å². The second-order valence-electron chi connectivity index (χ2n) is 3.88. The minimum absolute atomic E-state index is 0.312. The number of aromatic nitrogens is 1. The molecule has 0 aromatic carbocycles. The van der Waals surface area contributed by atoms with Crippen molar-refractivity contribution in [2.75, 3.05) is 0 Å². The quantitative estimate of drug-likeness (QED) is 0.683. The summed E-state index contributed by atoms with van der Waals surface area (Å²) in [5.41, 5.74) is 6.73. The Morgan fingerprint density at radius 3 is 3.00 bits per heavy atom. The first-order valence-electron chi connectivity index (χ1n) is 5.43. The van der Waals surface area contributed by atoms with Gasteiger partial charge in [0.25, 0.3) is 5.91 Å². The van der Waals surface area contributed by atoms with Crippen LogP contribution in [0.25, 0.3) is 0 Å². The molecule has 0 spiro atoms. The number of carbonyl (C=O) groups is 1. The number of amides is 1.